The molecule has 4 rings (SSSR count). The summed E-state index contributed by atoms with van der Waals surface area (Å²) in [6.07, 6.45) is 1.55. The van der Waals surface area contributed by atoms with E-state index >= 15 is 4.39 Å². The van der Waals surface area contributed by atoms with E-state index in [1.54, 1.807) is 26.8 Å². The normalized spacial score (nSPS) is 16.5. The molecule has 9 nitrogen and oxygen atoms in total. The first-order valence-corrected chi connectivity index (χ1v) is 14.7. The van der Waals surface area contributed by atoms with Crippen LogP contribution in [0.1, 0.15) is 45.2 Å². The zero-order valence-corrected chi connectivity index (χ0v) is 23.9. The van der Waals surface area contributed by atoms with Crippen molar-refractivity contribution in [2.75, 3.05) is 18.8 Å². The van der Waals surface area contributed by atoms with E-state index in [4.69, 9.17) is 16.3 Å². The number of hydrogen-bond acceptors (Lipinski definition) is 7. The number of nitrogens with zero attached hydrogens (tertiary/aromatic N) is 3. The zero-order chi connectivity index (χ0) is 28.5. The molecule has 3 aromatic rings. The molecule has 0 aliphatic carbocycles. The van der Waals surface area contributed by atoms with Crippen molar-refractivity contribution in [1.82, 2.24) is 19.8 Å². The maximum atomic E-state index is 15.1. The molecule has 1 aromatic heterocycles. The summed E-state index contributed by atoms with van der Waals surface area (Å²) in [5, 5.41) is 3.28. The molecular weight excluding hydrogens is 547 g/mol. The highest BCUT2D eigenvalue weighted by molar-refractivity contribution is 7.91. The molecule has 1 aliphatic heterocycles. The molecule has 0 unspecified atom stereocenters. The second-order valence-corrected chi connectivity index (χ2v) is 13.3. The van der Waals surface area contributed by atoms with Gasteiger partial charge in [-0.05, 0) is 63.1 Å². The number of sulfone groups is 1. The van der Waals surface area contributed by atoms with Crippen molar-refractivity contribution in [2.24, 2.45) is 0 Å². The van der Waals surface area contributed by atoms with Gasteiger partial charge in [0.25, 0.3) is 5.56 Å². The SMILES string of the molecule is CCS(=O)(=O)c1ccc(Cl)cc1Cn1cnc2cc(CN3CC[C@@H](NC(=O)OC(C)(C)C)C3)c(F)cc2c1=O. The minimum atomic E-state index is -3.55. The van der Waals surface area contributed by atoms with E-state index in [1.807, 2.05) is 4.90 Å². The molecule has 12 heteroatoms. The number of carbonyl (C=O) groups excluding carboxylic acids is 1. The van der Waals surface area contributed by atoms with Gasteiger partial charge in [0.2, 0.25) is 0 Å². The predicted octanol–water partition coefficient (Wildman–Crippen LogP) is 4.13. The summed E-state index contributed by atoms with van der Waals surface area (Å²) in [5.74, 6) is -0.644. The first-order valence-electron chi connectivity index (χ1n) is 12.7. The number of halogens is 2. The van der Waals surface area contributed by atoms with Crippen LogP contribution < -0.4 is 10.9 Å². The summed E-state index contributed by atoms with van der Waals surface area (Å²) in [6, 6.07) is 7.03. The molecule has 1 N–H and O–H groups in total. The molecule has 1 amide bonds. The quantitative estimate of drug-likeness (QED) is 0.449. The van der Waals surface area contributed by atoms with Gasteiger partial charge < -0.3 is 10.1 Å². The largest absolute Gasteiger partial charge is 0.444 e. The van der Waals surface area contributed by atoms with E-state index < -0.39 is 32.9 Å². The second kappa shape index (κ2) is 11.2. The number of aromatic nitrogens is 2. The summed E-state index contributed by atoms with van der Waals surface area (Å²) in [5.41, 5.74) is -0.00780. The molecule has 1 fully saturated rings. The maximum absolute atomic E-state index is 15.1. The van der Waals surface area contributed by atoms with Gasteiger partial charge in [0.1, 0.15) is 11.4 Å². The molecule has 210 valence electrons. The Hall–Kier alpha value is -3.02. The molecule has 1 atom stereocenters. The lowest BCUT2D eigenvalue weighted by atomic mass is 10.1. The van der Waals surface area contributed by atoms with E-state index in [0.29, 0.717) is 47.7 Å². The van der Waals surface area contributed by atoms with Crippen LogP contribution >= 0.6 is 11.6 Å². The van der Waals surface area contributed by atoms with Crippen LogP contribution in [0.5, 0.6) is 0 Å². The fraction of sp³-hybridized carbons (Fsp3) is 0.444. The Balaban J connectivity index is 1.52. The number of fused-ring (bicyclic) bond motifs is 1. The van der Waals surface area contributed by atoms with E-state index in [2.05, 4.69) is 10.3 Å². The average Bonchev–Trinajstić information content (AvgIpc) is 3.27. The number of nitrogens with one attached hydrogen (secondary N) is 1. The lowest BCUT2D eigenvalue weighted by Crippen LogP contribution is -2.40. The summed E-state index contributed by atoms with van der Waals surface area (Å²) < 4.78 is 46.8. The smallest absolute Gasteiger partial charge is 0.407 e. The Bertz CT molecular complexity index is 1570. The summed E-state index contributed by atoms with van der Waals surface area (Å²) in [4.78, 5) is 31.7. The number of rotatable bonds is 7. The van der Waals surface area contributed by atoms with Gasteiger partial charge in [-0.25, -0.2) is 22.6 Å². The van der Waals surface area contributed by atoms with Crippen molar-refractivity contribution in [3.8, 4) is 0 Å². The number of carbonyl (C=O) groups is 1. The Morgan fingerprint density at radius 3 is 2.64 bits per heavy atom. The average molecular weight is 579 g/mol. The van der Waals surface area contributed by atoms with E-state index in [9.17, 15) is 18.0 Å². The molecule has 2 heterocycles. The van der Waals surface area contributed by atoms with Crippen molar-refractivity contribution < 1.29 is 22.3 Å². The van der Waals surface area contributed by atoms with Crippen LogP contribution in [0.15, 0.2) is 46.3 Å². The highest BCUT2D eigenvalue weighted by Gasteiger charge is 2.27. The van der Waals surface area contributed by atoms with Crippen molar-refractivity contribution in [3.63, 3.8) is 0 Å². The molecule has 1 saturated heterocycles. The van der Waals surface area contributed by atoms with Crippen molar-refractivity contribution in [2.45, 2.75) is 63.7 Å². The van der Waals surface area contributed by atoms with Gasteiger partial charge in [-0.2, -0.15) is 0 Å². The molecule has 0 spiro atoms. The molecule has 0 saturated carbocycles. The van der Waals surface area contributed by atoms with Crippen LogP contribution in [-0.2, 0) is 27.7 Å². The highest BCUT2D eigenvalue weighted by atomic mass is 35.5. The predicted molar refractivity (Wildman–Crippen MR) is 147 cm³/mol. The molecule has 1 aliphatic rings. The van der Waals surface area contributed by atoms with Gasteiger partial charge in [-0.3, -0.25) is 14.3 Å². The topological polar surface area (TPSA) is 111 Å². The maximum Gasteiger partial charge on any atom is 0.407 e. The van der Waals surface area contributed by atoms with Gasteiger partial charge in [0.15, 0.2) is 9.84 Å². The molecule has 0 radical (unpaired) electrons. The minimum Gasteiger partial charge on any atom is -0.444 e. The van der Waals surface area contributed by atoms with Crippen molar-refractivity contribution in [3.05, 3.63) is 69.0 Å². The zero-order valence-electron chi connectivity index (χ0n) is 22.3. The van der Waals surface area contributed by atoms with E-state index in [0.717, 1.165) is 0 Å². The van der Waals surface area contributed by atoms with Crippen LogP contribution in [0, 0.1) is 5.82 Å². The Labute approximate surface area is 231 Å². The van der Waals surface area contributed by atoms with Gasteiger partial charge in [0.05, 0.1) is 34.4 Å². The number of ether oxygens (including phenoxy) is 1. The van der Waals surface area contributed by atoms with Crippen LogP contribution in [-0.4, -0.2) is 59.4 Å². The Morgan fingerprint density at radius 2 is 1.95 bits per heavy atom. The highest BCUT2D eigenvalue weighted by Crippen LogP contribution is 2.24. The van der Waals surface area contributed by atoms with Crippen LogP contribution in [0.4, 0.5) is 9.18 Å². The number of likely N-dealkylation sites (tertiary alicyclic amines) is 1. The molecule has 0 bridgehead atoms. The van der Waals surface area contributed by atoms with Crippen molar-refractivity contribution >= 4 is 38.4 Å². The number of hydrogen-bond donors (Lipinski definition) is 1. The first kappa shape index (κ1) is 29.0. The van der Waals surface area contributed by atoms with Gasteiger partial charge in [-0.1, -0.05) is 18.5 Å². The van der Waals surface area contributed by atoms with Gasteiger partial charge in [0, 0.05) is 36.3 Å². The molecule has 2 aromatic carbocycles. The number of amides is 1. The van der Waals surface area contributed by atoms with Gasteiger partial charge in [-0.15, -0.1) is 0 Å². The van der Waals surface area contributed by atoms with Crippen LogP contribution in [0.25, 0.3) is 10.9 Å². The van der Waals surface area contributed by atoms with Crippen LogP contribution in [0.2, 0.25) is 5.02 Å². The lowest BCUT2D eigenvalue weighted by molar-refractivity contribution is 0.0505. The molecule has 39 heavy (non-hydrogen) atoms. The monoisotopic (exact) mass is 578 g/mol. The standard InChI is InChI=1S/C27H32ClFN4O5S/c1-5-39(36,37)24-7-6-19(28)10-18(24)14-33-16-30-23-11-17(22(29)12-21(23)25(33)34)13-32-9-8-20(15-32)31-26(35)38-27(2,3)4/h6-7,10-12,16,20H,5,8-9,13-15H2,1-4H3,(H,31,35)/t20-/m1/s1. The Kier molecular flexibility index (Phi) is 8.34. The third kappa shape index (κ3) is 6.95. The summed E-state index contributed by atoms with van der Waals surface area (Å²) >= 11 is 6.10. The van der Waals surface area contributed by atoms with Crippen LogP contribution in [0.3, 0.4) is 0 Å². The summed E-state index contributed by atoms with van der Waals surface area (Å²) in [6.45, 7) is 8.33. The third-order valence-corrected chi connectivity index (χ3v) is 8.52. The number of benzene rings is 2. The fourth-order valence-electron chi connectivity index (χ4n) is 4.58. The lowest BCUT2D eigenvalue weighted by Gasteiger charge is -2.22. The van der Waals surface area contributed by atoms with Crippen molar-refractivity contribution in [1.29, 1.82) is 0 Å². The first-order chi connectivity index (χ1) is 18.3. The van der Waals surface area contributed by atoms with E-state index in [-0.39, 0.29) is 28.6 Å². The number of alkyl carbamates (subject to hydrolysis) is 1. The van der Waals surface area contributed by atoms with E-state index in [1.165, 1.54) is 42.1 Å². The minimum absolute atomic E-state index is 0.0833. The fourth-order valence-corrected chi connectivity index (χ4v) is 5.88. The van der Waals surface area contributed by atoms with Gasteiger partial charge >= 0.3 is 6.09 Å². The summed E-state index contributed by atoms with van der Waals surface area (Å²) in [7, 11) is -3.55. The Morgan fingerprint density at radius 1 is 1.21 bits per heavy atom. The second-order valence-electron chi connectivity index (χ2n) is 10.7. The molecular formula is C27H32ClFN4O5S. The third-order valence-electron chi connectivity index (χ3n) is 6.46.